The van der Waals surface area contributed by atoms with Gasteiger partial charge in [0.05, 0.1) is 0 Å². The summed E-state index contributed by atoms with van der Waals surface area (Å²) in [5.41, 5.74) is 6.52. The topological polar surface area (TPSA) is 182 Å². The van der Waals surface area contributed by atoms with Gasteiger partial charge in [0.1, 0.15) is 24.3 Å². The predicted molar refractivity (Wildman–Crippen MR) is 114 cm³/mol. The van der Waals surface area contributed by atoms with Gasteiger partial charge < -0.3 is 25.4 Å². The lowest BCUT2D eigenvalue weighted by molar-refractivity contribution is -0.231. The summed E-state index contributed by atoms with van der Waals surface area (Å²) in [7, 11) is 0. The van der Waals surface area contributed by atoms with E-state index >= 15 is 0 Å². The van der Waals surface area contributed by atoms with Gasteiger partial charge in [0, 0.05) is 17.4 Å². The molecular weight excluding hydrogens is 432 g/mol. The molecule has 0 spiro atoms. The molecule has 1 heterocycles. The number of amides is 1. The maximum Gasteiger partial charge on any atom is 0.217 e. The summed E-state index contributed by atoms with van der Waals surface area (Å²) in [6.45, 7) is 1.08. The molecule has 0 radical (unpaired) electrons. The number of benzene rings is 2. The van der Waals surface area contributed by atoms with Crippen molar-refractivity contribution in [3.05, 3.63) is 82.2 Å². The SMILES string of the molecule is CC(=O)N[C@@H]1[C@@H](O)O[C@H](C(=O)C(O)c2ccccc2)[C@@H](N=[N+]=[N-])[C@@]1(O)C(=O)c1ccccc1. The summed E-state index contributed by atoms with van der Waals surface area (Å²) in [6.07, 6.45) is -5.73. The Morgan fingerprint density at radius 1 is 1.12 bits per heavy atom. The van der Waals surface area contributed by atoms with Crippen LogP contribution in [0.5, 0.6) is 0 Å². The van der Waals surface area contributed by atoms with Crippen LogP contribution in [0, 0.1) is 0 Å². The lowest BCUT2D eigenvalue weighted by Crippen LogP contribution is -2.74. The van der Waals surface area contributed by atoms with Crippen LogP contribution in [-0.4, -0.2) is 62.9 Å². The lowest BCUT2D eigenvalue weighted by Gasteiger charge is -2.48. The fraction of sp³-hybridized carbons (Fsp3) is 0.318. The Balaban J connectivity index is 2.12. The summed E-state index contributed by atoms with van der Waals surface area (Å²) < 4.78 is 5.31. The first-order chi connectivity index (χ1) is 15.7. The highest BCUT2D eigenvalue weighted by molar-refractivity contribution is 6.05. The number of azide groups is 1. The average molecular weight is 454 g/mol. The van der Waals surface area contributed by atoms with Gasteiger partial charge in [-0.2, -0.15) is 0 Å². The maximum absolute atomic E-state index is 13.4. The number of ketones is 2. The van der Waals surface area contributed by atoms with E-state index in [1.54, 1.807) is 24.3 Å². The number of rotatable bonds is 7. The van der Waals surface area contributed by atoms with Gasteiger partial charge in [0.2, 0.25) is 5.91 Å². The van der Waals surface area contributed by atoms with Gasteiger partial charge >= 0.3 is 0 Å². The fourth-order valence-corrected chi connectivity index (χ4v) is 3.81. The molecule has 4 N–H and O–H groups in total. The highest BCUT2D eigenvalue weighted by atomic mass is 16.6. The second-order valence-electron chi connectivity index (χ2n) is 7.51. The summed E-state index contributed by atoms with van der Waals surface area (Å²) in [5, 5.41) is 38.5. The monoisotopic (exact) mass is 454 g/mol. The Morgan fingerprint density at radius 3 is 2.24 bits per heavy atom. The van der Waals surface area contributed by atoms with Crippen LogP contribution in [0.3, 0.4) is 0 Å². The minimum Gasteiger partial charge on any atom is -0.380 e. The maximum atomic E-state index is 13.4. The number of carbonyl (C=O) groups excluding carboxylic acids is 3. The van der Waals surface area contributed by atoms with Crippen LogP contribution in [0.4, 0.5) is 0 Å². The van der Waals surface area contributed by atoms with E-state index in [9.17, 15) is 29.7 Å². The number of aliphatic hydroxyl groups is 3. The van der Waals surface area contributed by atoms with Crippen molar-refractivity contribution in [3.8, 4) is 0 Å². The molecular formula is C22H22N4O7. The number of Topliss-reactive ketones (excluding diaryl/α,β-unsaturated/α-hetero) is 2. The Morgan fingerprint density at radius 2 is 1.70 bits per heavy atom. The molecule has 0 aliphatic carbocycles. The zero-order valence-electron chi connectivity index (χ0n) is 17.5. The second-order valence-corrected chi connectivity index (χ2v) is 7.51. The molecule has 1 unspecified atom stereocenters. The molecule has 1 aliphatic heterocycles. The van der Waals surface area contributed by atoms with Crippen LogP contribution in [0.2, 0.25) is 0 Å². The molecule has 172 valence electrons. The van der Waals surface area contributed by atoms with Crippen LogP contribution >= 0.6 is 0 Å². The van der Waals surface area contributed by atoms with Crippen molar-refractivity contribution in [3.63, 3.8) is 0 Å². The van der Waals surface area contributed by atoms with E-state index in [2.05, 4.69) is 15.3 Å². The molecule has 1 saturated heterocycles. The number of carbonyl (C=O) groups is 3. The molecule has 11 heteroatoms. The third-order valence-electron chi connectivity index (χ3n) is 5.38. The largest absolute Gasteiger partial charge is 0.380 e. The second kappa shape index (κ2) is 9.90. The summed E-state index contributed by atoms with van der Waals surface area (Å²) in [6, 6.07) is 11.4. The molecule has 6 atom stereocenters. The molecule has 2 aromatic carbocycles. The van der Waals surface area contributed by atoms with E-state index in [0.717, 1.165) is 6.92 Å². The zero-order valence-corrected chi connectivity index (χ0v) is 17.5. The van der Waals surface area contributed by atoms with E-state index < -0.39 is 53.7 Å². The minimum atomic E-state index is -2.78. The van der Waals surface area contributed by atoms with Gasteiger partial charge in [-0.25, -0.2) is 0 Å². The van der Waals surface area contributed by atoms with Gasteiger partial charge in [-0.15, -0.1) is 0 Å². The number of hydrogen-bond donors (Lipinski definition) is 4. The Labute approximate surface area is 188 Å². The normalized spacial score (nSPS) is 27.6. The smallest absolute Gasteiger partial charge is 0.217 e. The van der Waals surface area contributed by atoms with Crippen LogP contribution in [-0.2, 0) is 14.3 Å². The number of ether oxygens (including phenoxy) is 1. The average Bonchev–Trinajstić information content (AvgIpc) is 2.83. The third-order valence-corrected chi connectivity index (χ3v) is 5.38. The van der Waals surface area contributed by atoms with Crippen LogP contribution in [0.1, 0.15) is 28.9 Å². The highest BCUT2D eigenvalue weighted by Gasteiger charge is 2.62. The van der Waals surface area contributed by atoms with Gasteiger partial charge in [-0.1, -0.05) is 65.8 Å². The van der Waals surface area contributed by atoms with Crippen molar-refractivity contribution >= 4 is 17.5 Å². The number of nitrogens with zero attached hydrogens (tertiary/aromatic N) is 3. The molecule has 1 fully saturated rings. The summed E-state index contributed by atoms with van der Waals surface area (Å²) >= 11 is 0. The molecule has 0 bridgehead atoms. The Hall–Kier alpha value is -3.60. The lowest BCUT2D eigenvalue weighted by atomic mass is 9.74. The molecule has 0 saturated carbocycles. The Kier molecular flexibility index (Phi) is 7.22. The van der Waals surface area contributed by atoms with Crippen molar-refractivity contribution in [2.75, 3.05) is 0 Å². The number of hydrogen-bond acceptors (Lipinski definition) is 8. The van der Waals surface area contributed by atoms with Crippen molar-refractivity contribution in [1.82, 2.24) is 5.32 Å². The molecule has 2 aromatic rings. The van der Waals surface area contributed by atoms with Gasteiger partial charge in [-0.05, 0) is 11.1 Å². The quantitative estimate of drug-likeness (QED) is 0.206. The van der Waals surface area contributed by atoms with E-state index in [-0.39, 0.29) is 11.1 Å². The van der Waals surface area contributed by atoms with Crippen molar-refractivity contribution in [2.24, 2.45) is 5.11 Å². The highest BCUT2D eigenvalue weighted by Crippen LogP contribution is 2.36. The van der Waals surface area contributed by atoms with Crippen LogP contribution in [0.15, 0.2) is 65.8 Å². The van der Waals surface area contributed by atoms with Crippen LogP contribution < -0.4 is 5.32 Å². The fourth-order valence-electron chi connectivity index (χ4n) is 3.81. The molecule has 3 rings (SSSR count). The number of aliphatic hydroxyl groups excluding tert-OH is 2. The Bertz CT molecular complexity index is 1070. The van der Waals surface area contributed by atoms with Crippen molar-refractivity contribution in [1.29, 1.82) is 0 Å². The van der Waals surface area contributed by atoms with Crippen LogP contribution in [0.25, 0.3) is 10.4 Å². The first kappa shape index (κ1) is 24.1. The van der Waals surface area contributed by atoms with E-state index in [0.29, 0.717) is 0 Å². The van der Waals surface area contributed by atoms with Crippen molar-refractivity contribution in [2.45, 2.75) is 43.1 Å². The molecule has 33 heavy (non-hydrogen) atoms. The van der Waals surface area contributed by atoms with E-state index in [1.165, 1.54) is 36.4 Å². The zero-order chi connectivity index (χ0) is 24.2. The minimum absolute atomic E-state index is 0.0302. The third kappa shape index (κ3) is 4.63. The molecule has 1 amide bonds. The summed E-state index contributed by atoms with van der Waals surface area (Å²) in [4.78, 5) is 41.0. The first-order valence-electron chi connectivity index (χ1n) is 9.95. The summed E-state index contributed by atoms with van der Waals surface area (Å²) in [5.74, 6) is -2.80. The molecule has 11 nitrogen and oxygen atoms in total. The van der Waals surface area contributed by atoms with Crippen molar-refractivity contribution < 1.29 is 34.4 Å². The van der Waals surface area contributed by atoms with Gasteiger partial charge in [0.25, 0.3) is 0 Å². The predicted octanol–water partition coefficient (Wildman–Crippen LogP) is 0.804. The first-order valence-corrected chi connectivity index (χ1v) is 9.95. The van der Waals surface area contributed by atoms with E-state index in [1.807, 2.05) is 0 Å². The molecule has 1 aliphatic rings. The van der Waals surface area contributed by atoms with Gasteiger partial charge in [0.15, 0.2) is 23.5 Å². The standard InChI is InChI=1S/C22H22N4O7/c1-12(27)24-19-21(31)33-17(16(29)15(28)13-8-4-2-5-9-13)18(25-26-23)22(19,32)20(30)14-10-6-3-7-11-14/h2-11,15,17-19,21,28,31-32H,1H3,(H,24,27)/t15?,17-,18-,19-,21+,22+/m1/s1. The van der Waals surface area contributed by atoms with Gasteiger partial charge in [-0.3, -0.25) is 14.4 Å². The number of nitrogens with one attached hydrogen (secondary N) is 1. The molecule has 0 aromatic heterocycles. The van der Waals surface area contributed by atoms with E-state index in [4.69, 9.17) is 10.3 Å².